The summed E-state index contributed by atoms with van der Waals surface area (Å²) in [6.45, 7) is 0.887. The van der Waals surface area contributed by atoms with E-state index in [4.69, 9.17) is 5.26 Å². The first-order chi connectivity index (χ1) is 8.91. The molecule has 0 atom stereocenters. The van der Waals surface area contributed by atoms with E-state index < -0.39 is 11.7 Å². The molecular weight excluding hydrogens is 257 g/mol. The molecule has 1 aliphatic rings. The van der Waals surface area contributed by atoms with E-state index >= 15 is 0 Å². The van der Waals surface area contributed by atoms with E-state index in [-0.39, 0.29) is 11.3 Å². The molecule has 1 fully saturated rings. The highest BCUT2D eigenvalue weighted by atomic mass is 19.4. The molecule has 100 valence electrons. The molecule has 0 aromatic heterocycles. The zero-order valence-corrected chi connectivity index (χ0v) is 10.00. The summed E-state index contributed by atoms with van der Waals surface area (Å²) >= 11 is 0. The van der Waals surface area contributed by atoms with Gasteiger partial charge in [0.25, 0.3) is 0 Å². The van der Waals surface area contributed by atoms with Crippen LogP contribution in [0.4, 0.5) is 18.9 Å². The number of hydrogen-bond acceptors (Lipinski definition) is 3. The molecule has 0 N–H and O–H groups in total. The van der Waals surface area contributed by atoms with Gasteiger partial charge in [0.05, 0.1) is 16.8 Å². The summed E-state index contributed by atoms with van der Waals surface area (Å²) < 4.78 is 37.7. The Morgan fingerprint density at radius 1 is 1.21 bits per heavy atom. The van der Waals surface area contributed by atoms with Crippen LogP contribution in [-0.2, 0) is 11.0 Å². The minimum Gasteiger partial charge on any atom is -0.370 e. The Morgan fingerprint density at radius 2 is 1.84 bits per heavy atom. The molecule has 0 radical (unpaired) electrons. The topological polar surface area (TPSA) is 44.1 Å². The van der Waals surface area contributed by atoms with Crippen LogP contribution in [0.5, 0.6) is 0 Å². The summed E-state index contributed by atoms with van der Waals surface area (Å²) in [4.78, 5) is 12.9. The number of rotatable bonds is 1. The zero-order valence-electron chi connectivity index (χ0n) is 10.00. The van der Waals surface area contributed by atoms with Crippen molar-refractivity contribution in [2.24, 2.45) is 0 Å². The average Bonchev–Trinajstić information content (AvgIpc) is 2.38. The van der Waals surface area contributed by atoms with Crippen molar-refractivity contribution in [2.45, 2.75) is 19.0 Å². The molecule has 0 saturated carbocycles. The van der Waals surface area contributed by atoms with Crippen molar-refractivity contribution in [3.8, 4) is 6.07 Å². The number of nitrogens with zero attached hydrogens (tertiary/aromatic N) is 2. The highest BCUT2D eigenvalue weighted by Crippen LogP contribution is 2.33. The first-order valence-corrected chi connectivity index (χ1v) is 5.80. The first-order valence-electron chi connectivity index (χ1n) is 5.80. The van der Waals surface area contributed by atoms with Crippen LogP contribution in [-0.4, -0.2) is 18.9 Å². The number of anilines is 1. The number of hydrogen-bond donors (Lipinski definition) is 0. The molecule has 19 heavy (non-hydrogen) atoms. The van der Waals surface area contributed by atoms with E-state index in [9.17, 15) is 18.0 Å². The fourth-order valence-corrected chi connectivity index (χ4v) is 2.07. The number of piperidine rings is 1. The van der Waals surface area contributed by atoms with Gasteiger partial charge < -0.3 is 4.90 Å². The Hall–Kier alpha value is -2.03. The molecule has 0 amide bonds. The van der Waals surface area contributed by atoms with Crippen molar-refractivity contribution < 1.29 is 18.0 Å². The van der Waals surface area contributed by atoms with Crippen molar-refractivity contribution in [2.75, 3.05) is 18.0 Å². The van der Waals surface area contributed by atoms with Crippen LogP contribution >= 0.6 is 0 Å². The number of benzene rings is 1. The predicted molar refractivity (Wildman–Crippen MR) is 62.6 cm³/mol. The molecule has 0 bridgehead atoms. The minimum atomic E-state index is -4.46. The molecule has 0 spiro atoms. The molecule has 2 rings (SSSR count). The Kier molecular flexibility index (Phi) is 3.47. The normalized spacial score (nSPS) is 16.3. The minimum absolute atomic E-state index is 0.0100. The number of carbonyl (C=O) groups excluding carboxylic acids is 1. The maximum Gasteiger partial charge on any atom is 0.416 e. The number of Topliss-reactive ketones (excluding diaryl/α,β-unsaturated/α-hetero) is 1. The van der Waals surface area contributed by atoms with Gasteiger partial charge in [0, 0.05) is 25.9 Å². The van der Waals surface area contributed by atoms with Crippen molar-refractivity contribution >= 4 is 11.5 Å². The predicted octanol–water partition coefficient (Wildman–Crippen LogP) is 2.75. The third kappa shape index (κ3) is 2.87. The lowest BCUT2D eigenvalue weighted by Gasteiger charge is -2.29. The number of carbonyl (C=O) groups is 1. The van der Waals surface area contributed by atoms with Gasteiger partial charge in [-0.2, -0.15) is 18.4 Å². The number of nitriles is 1. The third-order valence-corrected chi connectivity index (χ3v) is 3.11. The van der Waals surface area contributed by atoms with Gasteiger partial charge in [0.2, 0.25) is 0 Å². The summed E-state index contributed by atoms with van der Waals surface area (Å²) in [5.41, 5.74) is -0.381. The summed E-state index contributed by atoms with van der Waals surface area (Å²) in [7, 11) is 0. The lowest BCUT2D eigenvalue weighted by molar-refractivity contribution is -0.137. The molecular formula is C13H11F3N2O. The maximum atomic E-state index is 12.6. The molecule has 0 unspecified atom stereocenters. The Labute approximate surface area is 108 Å². The lowest BCUT2D eigenvalue weighted by atomic mass is 10.0. The quantitative estimate of drug-likeness (QED) is 0.786. The van der Waals surface area contributed by atoms with Crippen LogP contribution in [0, 0.1) is 11.3 Å². The highest BCUT2D eigenvalue weighted by Gasteiger charge is 2.31. The van der Waals surface area contributed by atoms with E-state index in [1.807, 2.05) is 0 Å². The van der Waals surface area contributed by atoms with Crippen molar-refractivity contribution in [1.82, 2.24) is 0 Å². The highest BCUT2D eigenvalue weighted by molar-refractivity contribution is 5.81. The van der Waals surface area contributed by atoms with Crippen molar-refractivity contribution in [3.63, 3.8) is 0 Å². The third-order valence-electron chi connectivity index (χ3n) is 3.11. The van der Waals surface area contributed by atoms with E-state index in [2.05, 4.69) is 0 Å². The molecule has 1 aromatic carbocycles. The first kappa shape index (κ1) is 13.4. The molecule has 0 aliphatic carbocycles. The van der Waals surface area contributed by atoms with Gasteiger partial charge in [-0.25, -0.2) is 0 Å². The Morgan fingerprint density at radius 3 is 2.37 bits per heavy atom. The zero-order chi connectivity index (χ0) is 14.0. The molecule has 1 saturated heterocycles. The monoisotopic (exact) mass is 268 g/mol. The van der Waals surface area contributed by atoms with Crippen molar-refractivity contribution in [1.29, 1.82) is 5.26 Å². The van der Waals surface area contributed by atoms with Gasteiger partial charge in [0.15, 0.2) is 0 Å². The van der Waals surface area contributed by atoms with Crippen LogP contribution in [0.2, 0.25) is 0 Å². The van der Waals surface area contributed by atoms with Gasteiger partial charge in [-0.3, -0.25) is 4.79 Å². The maximum absolute atomic E-state index is 12.6. The van der Waals surface area contributed by atoms with E-state index in [1.54, 1.807) is 11.0 Å². The molecule has 6 heteroatoms. The van der Waals surface area contributed by atoms with Crippen LogP contribution in [0.15, 0.2) is 18.2 Å². The molecule has 1 aliphatic heterocycles. The van der Waals surface area contributed by atoms with E-state index in [0.717, 1.165) is 12.1 Å². The second kappa shape index (κ2) is 4.92. The number of ketones is 1. The molecule has 3 nitrogen and oxygen atoms in total. The average molecular weight is 268 g/mol. The second-order valence-corrected chi connectivity index (χ2v) is 4.37. The Balaban J connectivity index is 2.32. The number of alkyl halides is 3. The van der Waals surface area contributed by atoms with Gasteiger partial charge in [-0.15, -0.1) is 0 Å². The SMILES string of the molecule is N#Cc1cc(C(F)(F)F)ccc1N1CCC(=O)CC1. The second-order valence-electron chi connectivity index (χ2n) is 4.37. The van der Waals surface area contributed by atoms with Gasteiger partial charge in [0.1, 0.15) is 11.9 Å². The fourth-order valence-electron chi connectivity index (χ4n) is 2.07. The number of halogens is 3. The van der Waals surface area contributed by atoms with E-state index in [0.29, 0.717) is 31.6 Å². The van der Waals surface area contributed by atoms with Gasteiger partial charge >= 0.3 is 6.18 Å². The van der Waals surface area contributed by atoms with E-state index in [1.165, 1.54) is 6.07 Å². The van der Waals surface area contributed by atoms with Crippen LogP contribution in [0.3, 0.4) is 0 Å². The van der Waals surface area contributed by atoms with Crippen molar-refractivity contribution in [3.05, 3.63) is 29.3 Å². The summed E-state index contributed by atoms with van der Waals surface area (Å²) in [6, 6.07) is 4.91. The van der Waals surface area contributed by atoms with Crippen LogP contribution in [0.1, 0.15) is 24.0 Å². The Bertz CT molecular complexity index is 536. The van der Waals surface area contributed by atoms with Gasteiger partial charge in [-0.05, 0) is 18.2 Å². The van der Waals surface area contributed by atoms with Crippen LogP contribution in [0.25, 0.3) is 0 Å². The van der Waals surface area contributed by atoms with Gasteiger partial charge in [-0.1, -0.05) is 0 Å². The summed E-state index contributed by atoms with van der Waals surface area (Å²) in [6.07, 6.45) is -3.72. The van der Waals surface area contributed by atoms with Crippen LogP contribution < -0.4 is 4.90 Å². The largest absolute Gasteiger partial charge is 0.416 e. The smallest absolute Gasteiger partial charge is 0.370 e. The summed E-state index contributed by atoms with van der Waals surface area (Å²) in [5.74, 6) is 0.140. The lowest BCUT2D eigenvalue weighted by Crippen LogP contribution is -2.34. The summed E-state index contributed by atoms with van der Waals surface area (Å²) in [5, 5.41) is 8.98. The molecule has 1 heterocycles. The fraction of sp³-hybridized carbons (Fsp3) is 0.385. The molecule has 1 aromatic rings. The standard InChI is InChI=1S/C13H11F3N2O/c14-13(15,16)10-1-2-12(9(7-10)8-17)18-5-3-11(19)4-6-18/h1-2,7H,3-6H2.